The topological polar surface area (TPSA) is 80.3 Å². The fourth-order valence-electron chi connectivity index (χ4n) is 1.81. The Bertz CT molecular complexity index is 399. The van der Waals surface area contributed by atoms with Crippen LogP contribution >= 0.6 is 0 Å². The maximum Gasteiger partial charge on any atom is 0.268 e. The predicted molar refractivity (Wildman–Crippen MR) is 72.3 cm³/mol. The number of nitrogen functional groups attached to an aromatic ring is 1. The highest BCUT2D eigenvalue weighted by molar-refractivity contribution is 5.94. The number of aryl methyl sites for hydroxylation is 1. The number of nitrogens with one attached hydrogen (secondary N) is 1. The van der Waals surface area contributed by atoms with Crippen molar-refractivity contribution in [1.82, 2.24) is 9.88 Å². The molecule has 1 amide bonds. The summed E-state index contributed by atoms with van der Waals surface area (Å²) in [4.78, 5) is 12.1. The van der Waals surface area contributed by atoms with Gasteiger partial charge in [0.2, 0.25) is 0 Å². The van der Waals surface area contributed by atoms with Gasteiger partial charge in [-0.3, -0.25) is 4.79 Å². The monoisotopic (exact) mass is 253 g/mol. The van der Waals surface area contributed by atoms with Crippen LogP contribution in [0.5, 0.6) is 0 Å². The van der Waals surface area contributed by atoms with Crippen LogP contribution in [0.2, 0.25) is 0 Å². The number of carbonyl (C=O) groups excluding carboxylic acids is 1. The van der Waals surface area contributed by atoms with E-state index < -0.39 is 0 Å². The number of nitrogens with zero attached hydrogens (tertiary/aromatic N) is 1. The minimum absolute atomic E-state index is 0.0621. The summed E-state index contributed by atoms with van der Waals surface area (Å²) in [5, 5.41) is 12.1. The molecule has 0 aliphatic rings. The van der Waals surface area contributed by atoms with E-state index in [0.29, 0.717) is 11.4 Å². The minimum Gasteiger partial charge on any atom is -0.397 e. The lowest BCUT2D eigenvalue weighted by atomic mass is 10.1. The Hall–Kier alpha value is -1.49. The molecule has 1 atom stereocenters. The Labute approximate surface area is 108 Å². The van der Waals surface area contributed by atoms with Crippen molar-refractivity contribution in [3.63, 3.8) is 0 Å². The lowest BCUT2D eigenvalue weighted by Gasteiger charge is -2.20. The lowest BCUT2D eigenvalue weighted by molar-refractivity contribution is 0.0887. The van der Waals surface area contributed by atoms with Gasteiger partial charge in [0.1, 0.15) is 5.69 Å². The van der Waals surface area contributed by atoms with Gasteiger partial charge in [-0.1, -0.05) is 20.8 Å². The Morgan fingerprint density at radius 1 is 1.56 bits per heavy atom. The van der Waals surface area contributed by atoms with E-state index in [0.717, 1.165) is 13.0 Å². The summed E-state index contributed by atoms with van der Waals surface area (Å²) in [7, 11) is 0. The second kappa shape index (κ2) is 6.44. The number of carbonyl (C=O) groups is 1. The van der Waals surface area contributed by atoms with Crippen LogP contribution < -0.4 is 11.1 Å². The van der Waals surface area contributed by atoms with Crippen LogP contribution in [0.4, 0.5) is 5.69 Å². The largest absolute Gasteiger partial charge is 0.397 e. The van der Waals surface area contributed by atoms with E-state index in [2.05, 4.69) is 5.32 Å². The van der Waals surface area contributed by atoms with Crippen molar-refractivity contribution in [3.05, 3.63) is 18.0 Å². The van der Waals surface area contributed by atoms with Gasteiger partial charge in [-0.2, -0.15) is 0 Å². The van der Waals surface area contributed by atoms with Gasteiger partial charge < -0.3 is 20.7 Å². The number of hydrogen-bond donors (Lipinski definition) is 3. The molecule has 1 aromatic heterocycles. The average Bonchev–Trinajstić information content (AvgIpc) is 2.67. The number of anilines is 1. The molecular formula is C13H23N3O2. The highest BCUT2D eigenvalue weighted by atomic mass is 16.3. The van der Waals surface area contributed by atoms with Gasteiger partial charge in [0.25, 0.3) is 5.91 Å². The second-order valence-corrected chi connectivity index (χ2v) is 4.86. The molecule has 4 N–H and O–H groups in total. The van der Waals surface area contributed by atoms with E-state index in [1.54, 1.807) is 12.3 Å². The summed E-state index contributed by atoms with van der Waals surface area (Å²) in [6, 6.07) is 1.43. The molecule has 0 radical (unpaired) electrons. The summed E-state index contributed by atoms with van der Waals surface area (Å²) in [6.45, 7) is 6.66. The quantitative estimate of drug-likeness (QED) is 0.713. The van der Waals surface area contributed by atoms with E-state index >= 15 is 0 Å². The molecule has 0 saturated carbocycles. The molecule has 1 aromatic rings. The van der Waals surface area contributed by atoms with Gasteiger partial charge in [0, 0.05) is 12.7 Å². The van der Waals surface area contributed by atoms with Crippen LogP contribution in [-0.2, 0) is 6.54 Å². The Balaban J connectivity index is 2.83. The Morgan fingerprint density at radius 3 is 2.72 bits per heavy atom. The van der Waals surface area contributed by atoms with Crippen LogP contribution in [0.1, 0.15) is 37.7 Å². The number of aliphatic hydroxyl groups is 1. The molecule has 18 heavy (non-hydrogen) atoms. The Morgan fingerprint density at radius 2 is 2.22 bits per heavy atom. The maximum absolute atomic E-state index is 12.1. The predicted octanol–water partition coefficient (Wildman–Crippen LogP) is 1.23. The summed E-state index contributed by atoms with van der Waals surface area (Å²) in [6.07, 6.45) is 2.70. The molecule has 0 unspecified atom stereocenters. The molecule has 0 spiro atoms. The lowest BCUT2D eigenvalue weighted by Crippen LogP contribution is -2.41. The molecule has 5 nitrogen and oxygen atoms in total. The van der Waals surface area contributed by atoms with Crippen molar-refractivity contribution < 1.29 is 9.90 Å². The van der Waals surface area contributed by atoms with Gasteiger partial charge >= 0.3 is 0 Å². The van der Waals surface area contributed by atoms with Crippen LogP contribution in [-0.4, -0.2) is 28.2 Å². The van der Waals surface area contributed by atoms with Crippen molar-refractivity contribution >= 4 is 11.6 Å². The standard InChI is InChI=1S/C13H23N3O2/c1-4-5-16-7-10(14)6-12(16)13(18)15-11(8-17)9(2)3/h6-7,9,11,17H,4-5,8,14H2,1-3H3,(H,15,18)/t11-/m1/s1. The van der Waals surface area contributed by atoms with E-state index in [1.807, 2.05) is 25.3 Å². The zero-order valence-electron chi connectivity index (χ0n) is 11.3. The molecule has 0 aliphatic carbocycles. The number of nitrogens with two attached hydrogens (primary N) is 1. The molecule has 0 fully saturated rings. The molecule has 0 aliphatic heterocycles. The van der Waals surface area contributed by atoms with Gasteiger partial charge in [0.05, 0.1) is 18.3 Å². The van der Waals surface area contributed by atoms with Gasteiger partial charge in [-0.05, 0) is 18.4 Å². The summed E-state index contributed by atoms with van der Waals surface area (Å²) in [5.41, 5.74) is 6.85. The van der Waals surface area contributed by atoms with E-state index in [9.17, 15) is 9.90 Å². The first kappa shape index (κ1) is 14.6. The number of rotatable bonds is 6. The van der Waals surface area contributed by atoms with E-state index in [-0.39, 0.29) is 24.5 Å². The van der Waals surface area contributed by atoms with Crippen LogP contribution in [0.15, 0.2) is 12.3 Å². The molecule has 0 aromatic carbocycles. The molecule has 0 bridgehead atoms. The third-order valence-electron chi connectivity index (χ3n) is 2.93. The number of aliphatic hydroxyl groups excluding tert-OH is 1. The summed E-state index contributed by atoms with van der Waals surface area (Å²) >= 11 is 0. The third-order valence-corrected chi connectivity index (χ3v) is 2.93. The first-order valence-corrected chi connectivity index (χ1v) is 6.37. The fourth-order valence-corrected chi connectivity index (χ4v) is 1.81. The highest BCUT2D eigenvalue weighted by Gasteiger charge is 2.18. The van der Waals surface area contributed by atoms with Crippen LogP contribution in [0, 0.1) is 5.92 Å². The Kier molecular flexibility index (Phi) is 5.22. The summed E-state index contributed by atoms with van der Waals surface area (Å²) < 4.78 is 1.85. The van der Waals surface area contributed by atoms with Gasteiger partial charge in [-0.25, -0.2) is 0 Å². The van der Waals surface area contributed by atoms with E-state index in [1.165, 1.54) is 0 Å². The van der Waals surface area contributed by atoms with Crippen LogP contribution in [0.25, 0.3) is 0 Å². The molecule has 1 rings (SSSR count). The molecule has 5 heteroatoms. The maximum atomic E-state index is 12.1. The van der Waals surface area contributed by atoms with Gasteiger partial charge in [-0.15, -0.1) is 0 Å². The number of hydrogen-bond acceptors (Lipinski definition) is 3. The van der Waals surface area contributed by atoms with Crippen molar-refractivity contribution in [1.29, 1.82) is 0 Å². The van der Waals surface area contributed by atoms with Crippen molar-refractivity contribution in [2.75, 3.05) is 12.3 Å². The van der Waals surface area contributed by atoms with Crippen molar-refractivity contribution in [3.8, 4) is 0 Å². The third kappa shape index (κ3) is 3.50. The molecule has 0 saturated heterocycles. The molecule has 1 heterocycles. The summed E-state index contributed by atoms with van der Waals surface area (Å²) in [5.74, 6) is -0.00113. The zero-order chi connectivity index (χ0) is 13.7. The first-order valence-electron chi connectivity index (χ1n) is 6.37. The molecule has 102 valence electrons. The fraction of sp³-hybridized carbons (Fsp3) is 0.615. The number of aromatic nitrogens is 1. The smallest absolute Gasteiger partial charge is 0.268 e. The van der Waals surface area contributed by atoms with Crippen molar-refractivity contribution in [2.45, 2.75) is 39.8 Å². The van der Waals surface area contributed by atoms with Crippen molar-refractivity contribution in [2.24, 2.45) is 5.92 Å². The normalized spacial score (nSPS) is 12.7. The highest BCUT2D eigenvalue weighted by Crippen LogP contribution is 2.12. The number of amides is 1. The van der Waals surface area contributed by atoms with Crippen LogP contribution in [0.3, 0.4) is 0 Å². The zero-order valence-corrected chi connectivity index (χ0v) is 11.3. The van der Waals surface area contributed by atoms with E-state index in [4.69, 9.17) is 5.73 Å². The minimum atomic E-state index is -0.233. The molecular weight excluding hydrogens is 230 g/mol. The first-order chi connectivity index (χ1) is 8.49. The average molecular weight is 253 g/mol. The SMILES string of the molecule is CCCn1cc(N)cc1C(=O)N[C@H](CO)C(C)C. The van der Waals surface area contributed by atoms with Gasteiger partial charge in [0.15, 0.2) is 0 Å². The second-order valence-electron chi connectivity index (χ2n) is 4.86.